The van der Waals surface area contributed by atoms with Crippen LogP contribution in [-0.4, -0.2) is 20.9 Å². The largest absolute Gasteiger partial charge is 0.547 e. The first-order valence-corrected chi connectivity index (χ1v) is 7.80. The van der Waals surface area contributed by atoms with E-state index < -0.39 is 8.32 Å². The minimum Gasteiger partial charge on any atom is -0.547 e. The molecule has 0 unspecified atom stereocenters. The third kappa shape index (κ3) is 7.58. The zero-order chi connectivity index (χ0) is 10.5. The van der Waals surface area contributed by atoms with Gasteiger partial charge in [-0.1, -0.05) is 0 Å². The summed E-state index contributed by atoms with van der Waals surface area (Å²) in [7, 11) is -1.59. The zero-order valence-corrected chi connectivity index (χ0v) is 10.0. The average Bonchev–Trinajstić information content (AvgIpc) is 1.81. The Morgan fingerprint density at radius 3 is 2.31 bits per heavy atom. The third-order valence-corrected chi connectivity index (χ3v) is 2.01. The van der Waals surface area contributed by atoms with E-state index in [1.54, 1.807) is 13.8 Å². The van der Waals surface area contributed by atoms with Crippen molar-refractivity contribution in [3.63, 3.8) is 0 Å². The van der Waals surface area contributed by atoms with E-state index in [1.807, 2.05) is 0 Å². The smallest absolute Gasteiger partial charge is 0.334 e. The SMILES string of the molecule is CCOC(=O)/C=C(/C)O[Si](C)(C)C. The average molecular weight is 202 g/mol. The van der Waals surface area contributed by atoms with Gasteiger partial charge in [-0.2, -0.15) is 0 Å². The predicted molar refractivity (Wildman–Crippen MR) is 54.8 cm³/mol. The molecule has 0 aliphatic carbocycles. The van der Waals surface area contributed by atoms with E-state index in [-0.39, 0.29) is 5.97 Å². The summed E-state index contributed by atoms with van der Waals surface area (Å²) in [4.78, 5) is 11.0. The summed E-state index contributed by atoms with van der Waals surface area (Å²) in [5.41, 5.74) is 0. The molecule has 0 bridgehead atoms. The highest BCUT2D eigenvalue weighted by Gasteiger charge is 2.16. The second-order valence-corrected chi connectivity index (χ2v) is 8.15. The molecule has 76 valence electrons. The highest BCUT2D eigenvalue weighted by Crippen LogP contribution is 2.09. The van der Waals surface area contributed by atoms with E-state index in [0.29, 0.717) is 12.4 Å². The fourth-order valence-electron chi connectivity index (χ4n) is 0.862. The predicted octanol–water partition coefficient (Wildman–Crippen LogP) is 2.30. The summed E-state index contributed by atoms with van der Waals surface area (Å²) < 4.78 is 10.3. The van der Waals surface area contributed by atoms with Crippen LogP contribution in [0.5, 0.6) is 0 Å². The van der Waals surface area contributed by atoms with Gasteiger partial charge in [-0.25, -0.2) is 4.79 Å². The van der Waals surface area contributed by atoms with Crippen molar-refractivity contribution in [3.05, 3.63) is 11.8 Å². The van der Waals surface area contributed by atoms with Crippen LogP contribution in [0.1, 0.15) is 13.8 Å². The van der Waals surface area contributed by atoms with Crippen LogP contribution in [0.2, 0.25) is 19.6 Å². The van der Waals surface area contributed by atoms with Gasteiger partial charge in [0.05, 0.1) is 18.4 Å². The maximum atomic E-state index is 11.0. The topological polar surface area (TPSA) is 35.5 Å². The monoisotopic (exact) mass is 202 g/mol. The number of ether oxygens (including phenoxy) is 1. The molecule has 3 nitrogen and oxygen atoms in total. The van der Waals surface area contributed by atoms with Crippen molar-refractivity contribution in [2.24, 2.45) is 0 Å². The molecule has 0 radical (unpaired) electrons. The molecule has 0 aliphatic heterocycles. The first-order chi connectivity index (χ1) is 5.85. The number of esters is 1. The summed E-state index contributed by atoms with van der Waals surface area (Å²) in [5, 5.41) is 0. The molecular weight excluding hydrogens is 184 g/mol. The fourth-order valence-corrected chi connectivity index (χ4v) is 1.89. The Hall–Kier alpha value is -0.773. The molecule has 0 amide bonds. The molecule has 13 heavy (non-hydrogen) atoms. The highest BCUT2D eigenvalue weighted by atomic mass is 28.4. The van der Waals surface area contributed by atoms with Gasteiger partial charge < -0.3 is 9.16 Å². The van der Waals surface area contributed by atoms with E-state index in [9.17, 15) is 4.79 Å². The van der Waals surface area contributed by atoms with Crippen molar-refractivity contribution in [1.82, 2.24) is 0 Å². The molecule has 0 aromatic carbocycles. The molecular formula is C9H18O3Si. The Balaban J connectivity index is 4.09. The summed E-state index contributed by atoms with van der Waals surface area (Å²) in [6, 6.07) is 0. The fraction of sp³-hybridized carbons (Fsp3) is 0.667. The number of hydrogen-bond acceptors (Lipinski definition) is 3. The molecule has 4 heteroatoms. The van der Waals surface area contributed by atoms with Gasteiger partial charge in [0.25, 0.3) is 0 Å². The number of rotatable bonds is 4. The van der Waals surface area contributed by atoms with E-state index in [4.69, 9.17) is 9.16 Å². The normalized spacial score (nSPS) is 12.5. The lowest BCUT2D eigenvalue weighted by Crippen LogP contribution is -2.24. The first kappa shape index (κ1) is 12.2. The number of carbonyl (C=O) groups excluding carboxylic acids is 1. The quantitative estimate of drug-likeness (QED) is 0.304. The van der Waals surface area contributed by atoms with Crippen LogP contribution in [-0.2, 0) is 14.0 Å². The lowest BCUT2D eigenvalue weighted by atomic mass is 10.5. The van der Waals surface area contributed by atoms with Gasteiger partial charge in [0.1, 0.15) is 0 Å². The standard InChI is InChI=1S/C9H18O3Si/c1-6-11-9(10)7-8(2)12-13(3,4)5/h7H,6H2,1-5H3/b8-7-. The van der Waals surface area contributed by atoms with Gasteiger partial charge >= 0.3 is 5.97 Å². The highest BCUT2D eigenvalue weighted by molar-refractivity contribution is 6.70. The van der Waals surface area contributed by atoms with Crippen LogP contribution in [0, 0.1) is 0 Å². The van der Waals surface area contributed by atoms with Crippen LogP contribution in [0.3, 0.4) is 0 Å². The van der Waals surface area contributed by atoms with Gasteiger partial charge in [0.2, 0.25) is 8.32 Å². The molecule has 0 spiro atoms. The Morgan fingerprint density at radius 2 is 1.92 bits per heavy atom. The Labute approximate surface area is 80.9 Å². The van der Waals surface area contributed by atoms with Crippen molar-refractivity contribution in [2.45, 2.75) is 33.5 Å². The molecule has 0 saturated heterocycles. The van der Waals surface area contributed by atoms with Crippen LogP contribution in [0.15, 0.2) is 11.8 Å². The summed E-state index contributed by atoms with van der Waals surface area (Å²) in [6.45, 7) is 10.1. The lowest BCUT2D eigenvalue weighted by molar-refractivity contribution is -0.137. The maximum absolute atomic E-state index is 11.0. The molecule has 0 rings (SSSR count). The molecule has 0 saturated carbocycles. The molecule has 0 atom stereocenters. The molecule has 0 aliphatic rings. The molecule has 0 aromatic rings. The summed E-state index contributed by atoms with van der Waals surface area (Å²) in [5.74, 6) is 0.302. The van der Waals surface area contributed by atoms with E-state index >= 15 is 0 Å². The number of carbonyl (C=O) groups is 1. The molecule has 0 heterocycles. The van der Waals surface area contributed by atoms with E-state index in [0.717, 1.165) is 0 Å². The van der Waals surface area contributed by atoms with Crippen LogP contribution in [0.4, 0.5) is 0 Å². The van der Waals surface area contributed by atoms with Crippen LogP contribution in [0.25, 0.3) is 0 Å². The number of allylic oxidation sites excluding steroid dienone is 1. The van der Waals surface area contributed by atoms with Gasteiger partial charge in [-0.05, 0) is 33.5 Å². The Bertz CT molecular complexity index is 203. The minimum absolute atomic E-state index is 0.335. The van der Waals surface area contributed by atoms with Crippen LogP contribution < -0.4 is 0 Å². The van der Waals surface area contributed by atoms with Crippen molar-refractivity contribution in [1.29, 1.82) is 0 Å². The van der Waals surface area contributed by atoms with Crippen LogP contribution >= 0.6 is 0 Å². The van der Waals surface area contributed by atoms with Gasteiger partial charge in [0.15, 0.2) is 0 Å². The maximum Gasteiger partial charge on any atom is 0.334 e. The molecule has 0 N–H and O–H groups in total. The lowest BCUT2D eigenvalue weighted by Gasteiger charge is -2.19. The number of hydrogen-bond donors (Lipinski definition) is 0. The van der Waals surface area contributed by atoms with Crippen molar-refractivity contribution in [2.75, 3.05) is 6.61 Å². The van der Waals surface area contributed by atoms with Crippen molar-refractivity contribution in [3.8, 4) is 0 Å². The van der Waals surface area contributed by atoms with Crippen molar-refractivity contribution >= 4 is 14.3 Å². The Morgan fingerprint density at radius 1 is 1.38 bits per heavy atom. The molecule has 0 aromatic heterocycles. The van der Waals surface area contributed by atoms with Gasteiger partial charge in [-0.15, -0.1) is 0 Å². The zero-order valence-electron chi connectivity index (χ0n) is 9.01. The third-order valence-electron chi connectivity index (χ3n) is 1.07. The first-order valence-electron chi connectivity index (χ1n) is 4.39. The summed E-state index contributed by atoms with van der Waals surface area (Å²) >= 11 is 0. The minimum atomic E-state index is -1.59. The second kappa shape index (κ2) is 5.06. The van der Waals surface area contributed by atoms with Gasteiger partial charge in [-0.3, -0.25) is 0 Å². The Kier molecular flexibility index (Phi) is 4.76. The van der Waals surface area contributed by atoms with Gasteiger partial charge in [0, 0.05) is 0 Å². The van der Waals surface area contributed by atoms with E-state index in [2.05, 4.69) is 19.6 Å². The second-order valence-electron chi connectivity index (χ2n) is 3.72. The molecule has 0 fully saturated rings. The van der Waals surface area contributed by atoms with E-state index in [1.165, 1.54) is 6.08 Å². The summed E-state index contributed by atoms with van der Waals surface area (Å²) in [6.07, 6.45) is 1.39. The van der Waals surface area contributed by atoms with Crippen molar-refractivity contribution < 1.29 is 14.0 Å².